The second-order valence-corrected chi connectivity index (χ2v) is 6.81. The summed E-state index contributed by atoms with van der Waals surface area (Å²) in [5.74, 6) is -2.91. The van der Waals surface area contributed by atoms with Crippen molar-refractivity contribution in [2.75, 3.05) is 5.32 Å². The van der Waals surface area contributed by atoms with Crippen molar-refractivity contribution >= 4 is 15.5 Å². The molecule has 1 atom stereocenters. The van der Waals surface area contributed by atoms with Crippen molar-refractivity contribution in [1.29, 1.82) is 0 Å². The Hall–Kier alpha value is -1.17. The van der Waals surface area contributed by atoms with E-state index in [0.29, 0.717) is 5.92 Å². The third-order valence-electron chi connectivity index (χ3n) is 3.67. The van der Waals surface area contributed by atoms with Crippen molar-refractivity contribution in [3.05, 3.63) is 24.3 Å². The van der Waals surface area contributed by atoms with Crippen LogP contribution in [0.25, 0.3) is 0 Å². The summed E-state index contributed by atoms with van der Waals surface area (Å²) in [5.41, 5.74) is 0.266. The van der Waals surface area contributed by atoms with Crippen molar-refractivity contribution in [3.63, 3.8) is 0 Å². The molecule has 19 heavy (non-hydrogen) atoms. The Kier molecular flexibility index (Phi) is 4.08. The normalized spacial score (nSPS) is 18.1. The maximum atomic E-state index is 12.6. The Morgan fingerprint density at radius 1 is 1.26 bits per heavy atom. The number of benzene rings is 1. The SMILES string of the molecule is CC(Nc1ccccc1S(=O)(=O)C(F)F)C1CCC1. The number of hydrogen-bond donors (Lipinski definition) is 1. The van der Waals surface area contributed by atoms with Crippen LogP contribution in [-0.4, -0.2) is 20.2 Å². The number of nitrogens with one attached hydrogen (secondary N) is 1. The van der Waals surface area contributed by atoms with Crippen LogP contribution in [-0.2, 0) is 9.84 Å². The van der Waals surface area contributed by atoms with Crippen molar-refractivity contribution in [2.45, 2.75) is 42.9 Å². The molecule has 1 aromatic carbocycles. The first-order valence-electron chi connectivity index (χ1n) is 6.30. The average molecular weight is 289 g/mol. The molecule has 1 unspecified atom stereocenters. The number of para-hydroxylation sites is 1. The van der Waals surface area contributed by atoms with E-state index in [-0.39, 0.29) is 16.6 Å². The Morgan fingerprint density at radius 3 is 2.42 bits per heavy atom. The molecule has 1 fully saturated rings. The average Bonchev–Trinajstić information content (AvgIpc) is 2.26. The highest BCUT2D eigenvalue weighted by Gasteiger charge is 2.30. The van der Waals surface area contributed by atoms with Crippen LogP contribution in [0.5, 0.6) is 0 Å². The van der Waals surface area contributed by atoms with Gasteiger partial charge in [0.25, 0.3) is 0 Å². The van der Waals surface area contributed by atoms with E-state index in [1.54, 1.807) is 6.07 Å². The summed E-state index contributed by atoms with van der Waals surface area (Å²) in [4.78, 5) is -0.323. The van der Waals surface area contributed by atoms with Gasteiger partial charge in [0, 0.05) is 6.04 Å². The number of halogens is 2. The van der Waals surface area contributed by atoms with Crippen LogP contribution in [0.15, 0.2) is 29.2 Å². The molecule has 0 aliphatic heterocycles. The minimum atomic E-state index is -4.56. The van der Waals surface area contributed by atoms with Crippen molar-refractivity contribution in [1.82, 2.24) is 0 Å². The number of rotatable bonds is 5. The minimum Gasteiger partial charge on any atom is -0.381 e. The Bertz CT molecular complexity index is 541. The maximum absolute atomic E-state index is 12.6. The number of sulfone groups is 1. The molecule has 3 nitrogen and oxygen atoms in total. The standard InChI is InChI=1S/C13H17F2NO2S/c1-9(10-5-4-6-10)16-11-7-2-3-8-12(11)19(17,18)13(14)15/h2-3,7-10,13,16H,4-6H2,1H3. The van der Waals surface area contributed by atoms with Gasteiger partial charge in [-0.25, -0.2) is 8.42 Å². The first kappa shape index (κ1) is 14.2. The van der Waals surface area contributed by atoms with Gasteiger partial charge in [-0.15, -0.1) is 0 Å². The molecule has 0 saturated heterocycles. The predicted octanol–water partition coefficient (Wildman–Crippen LogP) is 3.28. The van der Waals surface area contributed by atoms with Crippen LogP contribution in [0.1, 0.15) is 26.2 Å². The highest BCUT2D eigenvalue weighted by Crippen LogP contribution is 2.33. The third kappa shape index (κ3) is 2.88. The van der Waals surface area contributed by atoms with Gasteiger partial charge >= 0.3 is 5.76 Å². The summed E-state index contributed by atoms with van der Waals surface area (Å²) < 4.78 is 48.5. The molecule has 1 N–H and O–H groups in total. The molecule has 2 rings (SSSR count). The van der Waals surface area contributed by atoms with Crippen LogP contribution in [0.3, 0.4) is 0 Å². The fourth-order valence-electron chi connectivity index (χ4n) is 2.23. The van der Waals surface area contributed by atoms with E-state index in [1.807, 2.05) is 6.92 Å². The first-order valence-corrected chi connectivity index (χ1v) is 7.85. The minimum absolute atomic E-state index is 0.0859. The summed E-state index contributed by atoms with van der Waals surface area (Å²) in [6.45, 7) is 1.95. The molecule has 0 bridgehead atoms. The second kappa shape index (κ2) is 5.45. The molecule has 1 aliphatic rings. The van der Waals surface area contributed by atoms with Crippen LogP contribution in [0.4, 0.5) is 14.5 Å². The van der Waals surface area contributed by atoms with E-state index >= 15 is 0 Å². The molecule has 0 aromatic heterocycles. The van der Waals surface area contributed by atoms with Crippen LogP contribution in [0.2, 0.25) is 0 Å². The Labute approximate surface area is 111 Å². The molecule has 0 radical (unpaired) electrons. The van der Waals surface area contributed by atoms with Gasteiger partial charge in [0.15, 0.2) is 0 Å². The van der Waals surface area contributed by atoms with E-state index in [0.717, 1.165) is 12.8 Å². The smallest absolute Gasteiger partial charge is 0.341 e. The lowest BCUT2D eigenvalue weighted by Crippen LogP contribution is -2.31. The second-order valence-electron chi connectivity index (χ2n) is 4.93. The highest BCUT2D eigenvalue weighted by atomic mass is 32.2. The van der Waals surface area contributed by atoms with Crippen LogP contribution < -0.4 is 5.32 Å². The predicted molar refractivity (Wildman–Crippen MR) is 70.1 cm³/mol. The molecule has 0 amide bonds. The summed E-state index contributed by atoms with van der Waals surface area (Å²) in [6.07, 6.45) is 3.36. The molecule has 1 aromatic rings. The van der Waals surface area contributed by atoms with Gasteiger partial charge < -0.3 is 5.32 Å². The zero-order chi connectivity index (χ0) is 14.0. The van der Waals surface area contributed by atoms with Crippen LogP contribution >= 0.6 is 0 Å². The van der Waals surface area contributed by atoms with Crippen molar-refractivity contribution < 1.29 is 17.2 Å². The fourth-order valence-corrected chi connectivity index (χ4v) is 3.13. The van der Waals surface area contributed by atoms with Gasteiger partial charge in [-0.1, -0.05) is 18.6 Å². The molecule has 106 valence electrons. The lowest BCUT2D eigenvalue weighted by atomic mass is 9.80. The van der Waals surface area contributed by atoms with E-state index in [2.05, 4.69) is 5.32 Å². The first-order chi connectivity index (χ1) is 8.93. The number of anilines is 1. The third-order valence-corrected chi connectivity index (χ3v) is 5.11. The fraction of sp³-hybridized carbons (Fsp3) is 0.538. The lowest BCUT2D eigenvalue weighted by molar-refractivity contribution is 0.234. The van der Waals surface area contributed by atoms with Gasteiger partial charge in [-0.05, 0) is 37.8 Å². The summed E-state index contributed by atoms with van der Waals surface area (Å²) >= 11 is 0. The van der Waals surface area contributed by atoms with Gasteiger partial charge in [-0.3, -0.25) is 0 Å². The monoisotopic (exact) mass is 289 g/mol. The summed E-state index contributed by atoms with van der Waals surface area (Å²) in [5, 5.41) is 3.06. The lowest BCUT2D eigenvalue weighted by Gasteiger charge is -2.33. The molecular formula is C13H17F2NO2S. The highest BCUT2D eigenvalue weighted by molar-refractivity contribution is 7.91. The van der Waals surface area contributed by atoms with E-state index in [4.69, 9.17) is 0 Å². The number of alkyl halides is 2. The van der Waals surface area contributed by atoms with E-state index < -0.39 is 15.6 Å². The molecule has 0 spiro atoms. The maximum Gasteiger partial charge on any atom is 0.341 e. The van der Waals surface area contributed by atoms with E-state index in [1.165, 1.54) is 24.6 Å². The van der Waals surface area contributed by atoms with Gasteiger partial charge in [0.1, 0.15) is 0 Å². The molecule has 0 heterocycles. The zero-order valence-electron chi connectivity index (χ0n) is 10.6. The summed E-state index contributed by atoms with van der Waals surface area (Å²) in [7, 11) is -4.56. The molecule has 6 heteroatoms. The van der Waals surface area contributed by atoms with Crippen molar-refractivity contribution in [2.24, 2.45) is 5.92 Å². The Balaban J connectivity index is 2.26. The topological polar surface area (TPSA) is 46.2 Å². The zero-order valence-corrected chi connectivity index (χ0v) is 11.5. The quantitative estimate of drug-likeness (QED) is 0.904. The van der Waals surface area contributed by atoms with Crippen molar-refractivity contribution in [3.8, 4) is 0 Å². The Morgan fingerprint density at radius 2 is 1.89 bits per heavy atom. The number of hydrogen-bond acceptors (Lipinski definition) is 3. The largest absolute Gasteiger partial charge is 0.381 e. The summed E-state index contributed by atoms with van der Waals surface area (Å²) in [6, 6.07) is 5.93. The molecule has 1 saturated carbocycles. The molecule has 1 aliphatic carbocycles. The van der Waals surface area contributed by atoms with Crippen LogP contribution in [0, 0.1) is 5.92 Å². The van der Waals surface area contributed by atoms with Gasteiger partial charge in [-0.2, -0.15) is 8.78 Å². The van der Waals surface area contributed by atoms with Gasteiger partial charge in [0.2, 0.25) is 9.84 Å². The van der Waals surface area contributed by atoms with Gasteiger partial charge in [0.05, 0.1) is 10.6 Å². The van der Waals surface area contributed by atoms with E-state index in [9.17, 15) is 17.2 Å². The molecular weight excluding hydrogens is 272 g/mol.